The van der Waals surface area contributed by atoms with E-state index < -0.39 is 19.9 Å². The average Bonchev–Trinajstić information content (AvgIpc) is 2.76. The Morgan fingerprint density at radius 3 is 2.35 bits per heavy atom. The summed E-state index contributed by atoms with van der Waals surface area (Å²) in [6, 6.07) is 0. The summed E-state index contributed by atoms with van der Waals surface area (Å²) in [5.74, 6) is 0.402. The zero-order chi connectivity index (χ0) is 17.8. The number of esters is 1. The Hall–Kier alpha value is -0.813. The molecule has 0 aromatic carbocycles. The number of carbonyl (C=O) groups excluding carboxylic acids is 1. The van der Waals surface area contributed by atoms with Gasteiger partial charge in [-0.1, -0.05) is 27.7 Å². The van der Waals surface area contributed by atoms with Crippen molar-refractivity contribution in [1.82, 2.24) is 0 Å². The number of fused-ring (bicyclic) bond motifs is 2. The summed E-state index contributed by atoms with van der Waals surface area (Å²) in [5, 5.41) is 11.0. The fourth-order valence-electron chi connectivity index (χ4n) is 3.91. The van der Waals surface area contributed by atoms with Gasteiger partial charge in [0.05, 0.1) is 12.7 Å². The molecule has 2 bridgehead atoms. The van der Waals surface area contributed by atoms with Gasteiger partial charge in [-0.05, 0) is 55.7 Å². The zero-order valence-electron chi connectivity index (χ0n) is 15.8. The van der Waals surface area contributed by atoms with Crippen LogP contribution < -0.4 is 0 Å². The number of aliphatic hydroxyl groups is 1. The molecule has 5 heteroatoms. The second-order valence-corrected chi connectivity index (χ2v) is 13.7. The SMILES string of the molecule is COC(=O)C1=C(O)[C@@](C)(O[Si](C)(C)C(C)(C)C)[C@H]2C[C@@H](C)[C@@H]1C2. The molecule has 2 aliphatic rings. The molecule has 0 spiro atoms. The smallest absolute Gasteiger partial charge is 0.337 e. The van der Waals surface area contributed by atoms with E-state index in [4.69, 9.17) is 9.16 Å². The van der Waals surface area contributed by atoms with Crippen molar-refractivity contribution in [2.45, 2.75) is 71.2 Å². The molecule has 2 aliphatic carbocycles. The lowest BCUT2D eigenvalue weighted by Crippen LogP contribution is -2.53. The van der Waals surface area contributed by atoms with Crippen LogP contribution in [0.5, 0.6) is 0 Å². The summed E-state index contributed by atoms with van der Waals surface area (Å²) in [5.41, 5.74) is -0.344. The van der Waals surface area contributed by atoms with Gasteiger partial charge in [-0.2, -0.15) is 0 Å². The Kier molecular flexibility index (Phi) is 4.53. The lowest BCUT2D eigenvalue weighted by molar-refractivity contribution is -0.138. The number of ether oxygens (including phenoxy) is 1. The predicted molar refractivity (Wildman–Crippen MR) is 93.7 cm³/mol. The first-order chi connectivity index (χ1) is 10.3. The summed E-state index contributed by atoms with van der Waals surface area (Å²) in [7, 11) is -0.714. The van der Waals surface area contributed by atoms with Crippen LogP contribution in [0.4, 0.5) is 0 Å². The molecule has 1 N–H and O–H groups in total. The Labute approximate surface area is 141 Å². The van der Waals surface area contributed by atoms with Crippen LogP contribution in [0.3, 0.4) is 0 Å². The molecule has 0 unspecified atom stereocenters. The highest BCUT2D eigenvalue weighted by molar-refractivity contribution is 6.74. The third kappa shape index (κ3) is 2.86. The van der Waals surface area contributed by atoms with E-state index in [0.29, 0.717) is 11.5 Å². The molecule has 4 nitrogen and oxygen atoms in total. The first-order valence-corrected chi connectivity index (χ1v) is 11.5. The second kappa shape index (κ2) is 5.62. The molecule has 0 heterocycles. The maximum Gasteiger partial charge on any atom is 0.337 e. The Morgan fingerprint density at radius 1 is 1.30 bits per heavy atom. The summed E-state index contributed by atoms with van der Waals surface area (Å²) in [4.78, 5) is 12.3. The van der Waals surface area contributed by atoms with Crippen molar-refractivity contribution in [3.63, 3.8) is 0 Å². The minimum atomic E-state index is -2.09. The van der Waals surface area contributed by atoms with Crippen LogP contribution in [0, 0.1) is 17.8 Å². The van der Waals surface area contributed by atoms with Crippen LogP contribution in [0.2, 0.25) is 18.1 Å². The summed E-state index contributed by atoms with van der Waals surface area (Å²) < 4.78 is 11.6. The Balaban J connectivity index is 2.50. The number of hydrogen-bond acceptors (Lipinski definition) is 4. The summed E-state index contributed by atoms with van der Waals surface area (Å²) in [6.45, 7) is 15.1. The summed E-state index contributed by atoms with van der Waals surface area (Å²) in [6.07, 6.45) is 1.86. The monoisotopic (exact) mass is 340 g/mol. The quantitative estimate of drug-likeness (QED) is 0.610. The third-order valence-corrected chi connectivity index (χ3v) is 11.0. The second-order valence-electron chi connectivity index (χ2n) is 8.98. The van der Waals surface area contributed by atoms with Gasteiger partial charge in [0.25, 0.3) is 0 Å². The van der Waals surface area contributed by atoms with Gasteiger partial charge in [0.15, 0.2) is 8.32 Å². The highest BCUT2D eigenvalue weighted by atomic mass is 28.4. The number of rotatable bonds is 3. The molecular weight excluding hydrogens is 308 g/mol. The van der Waals surface area contributed by atoms with Gasteiger partial charge in [-0.3, -0.25) is 0 Å². The van der Waals surface area contributed by atoms with Crippen molar-refractivity contribution in [3.05, 3.63) is 11.3 Å². The molecule has 0 aliphatic heterocycles. The van der Waals surface area contributed by atoms with Gasteiger partial charge in [-0.25, -0.2) is 4.79 Å². The van der Waals surface area contributed by atoms with Crippen LogP contribution in [-0.4, -0.2) is 32.1 Å². The lowest BCUT2D eigenvalue weighted by Gasteiger charge is -2.48. The highest BCUT2D eigenvalue weighted by Gasteiger charge is 2.57. The maximum atomic E-state index is 12.3. The highest BCUT2D eigenvalue weighted by Crippen LogP contribution is 2.56. The molecule has 0 aromatic rings. The molecular formula is C18H32O4Si. The number of methoxy groups -OCH3 is 1. The van der Waals surface area contributed by atoms with Gasteiger partial charge in [-0.15, -0.1) is 0 Å². The van der Waals surface area contributed by atoms with E-state index in [0.717, 1.165) is 12.8 Å². The van der Waals surface area contributed by atoms with E-state index in [2.05, 4.69) is 40.8 Å². The molecule has 1 fully saturated rings. The fraction of sp³-hybridized carbons (Fsp3) is 0.833. The average molecular weight is 341 g/mol. The number of hydrogen-bond donors (Lipinski definition) is 1. The molecule has 0 amide bonds. The van der Waals surface area contributed by atoms with Gasteiger partial charge in [0, 0.05) is 0 Å². The van der Waals surface area contributed by atoms with Gasteiger partial charge < -0.3 is 14.3 Å². The first-order valence-electron chi connectivity index (χ1n) is 8.57. The van der Waals surface area contributed by atoms with E-state index in [1.165, 1.54) is 7.11 Å². The zero-order valence-corrected chi connectivity index (χ0v) is 16.8. The van der Waals surface area contributed by atoms with Crippen LogP contribution in [0.15, 0.2) is 11.3 Å². The number of aliphatic hydroxyl groups excluding tert-OH is 1. The molecule has 0 saturated heterocycles. The fourth-order valence-corrected chi connectivity index (χ4v) is 5.54. The van der Waals surface area contributed by atoms with E-state index in [1.54, 1.807) is 0 Å². The molecule has 4 atom stereocenters. The molecule has 132 valence electrons. The normalized spacial score (nSPS) is 34.7. The van der Waals surface area contributed by atoms with Crippen LogP contribution in [-0.2, 0) is 14.0 Å². The van der Waals surface area contributed by atoms with E-state index in [9.17, 15) is 9.90 Å². The first kappa shape index (κ1) is 18.5. The van der Waals surface area contributed by atoms with E-state index >= 15 is 0 Å². The standard InChI is InChI=1S/C18H32O4Si/c1-11-9-12-10-13(11)14(16(20)21-6)15(19)18(12,5)22-23(7,8)17(2,3)4/h11-13,19H,9-10H2,1-8H3/t11-,12+,13+,18+/m1/s1. The van der Waals surface area contributed by atoms with Crippen molar-refractivity contribution < 1.29 is 19.1 Å². The number of carbonyl (C=O) groups is 1. The van der Waals surface area contributed by atoms with Crippen molar-refractivity contribution in [3.8, 4) is 0 Å². The van der Waals surface area contributed by atoms with Gasteiger partial charge in [0.2, 0.25) is 0 Å². The molecule has 23 heavy (non-hydrogen) atoms. The van der Waals surface area contributed by atoms with Crippen LogP contribution in [0.1, 0.15) is 47.5 Å². The maximum absolute atomic E-state index is 12.3. The van der Waals surface area contributed by atoms with Gasteiger partial charge >= 0.3 is 5.97 Å². The molecule has 2 rings (SSSR count). The minimum Gasteiger partial charge on any atom is -0.509 e. The topological polar surface area (TPSA) is 55.8 Å². The van der Waals surface area contributed by atoms with Crippen molar-refractivity contribution in [1.29, 1.82) is 0 Å². The van der Waals surface area contributed by atoms with Crippen molar-refractivity contribution >= 4 is 14.3 Å². The molecule has 0 aromatic heterocycles. The van der Waals surface area contributed by atoms with Crippen LogP contribution in [0.25, 0.3) is 0 Å². The minimum absolute atomic E-state index is 0.0444. The summed E-state index contributed by atoms with van der Waals surface area (Å²) >= 11 is 0. The van der Waals surface area contributed by atoms with Crippen molar-refractivity contribution in [2.75, 3.05) is 7.11 Å². The van der Waals surface area contributed by atoms with Crippen LogP contribution >= 0.6 is 0 Å². The van der Waals surface area contributed by atoms with E-state index in [1.807, 2.05) is 6.92 Å². The predicted octanol–water partition coefficient (Wildman–Crippen LogP) is 4.43. The van der Waals surface area contributed by atoms with Crippen molar-refractivity contribution in [2.24, 2.45) is 17.8 Å². The Bertz CT molecular complexity index is 532. The lowest BCUT2D eigenvalue weighted by atomic mass is 9.76. The van der Waals surface area contributed by atoms with E-state index in [-0.39, 0.29) is 22.6 Å². The van der Waals surface area contributed by atoms with Gasteiger partial charge in [0.1, 0.15) is 11.4 Å². The molecule has 1 saturated carbocycles. The third-order valence-electron chi connectivity index (χ3n) is 6.44. The Morgan fingerprint density at radius 2 is 1.87 bits per heavy atom. The largest absolute Gasteiger partial charge is 0.509 e. The molecule has 0 radical (unpaired) electrons.